The van der Waals surface area contributed by atoms with Crippen molar-refractivity contribution < 1.29 is 36.4 Å². The molecule has 0 amide bonds. The molecule has 2 saturated heterocycles. The van der Waals surface area contributed by atoms with E-state index in [4.69, 9.17) is 18.4 Å². The minimum Gasteiger partial charge on any atom is -0.453 e. The number of benzene rings is 2. The maximum atomic E-state index is 12.9. The van der Waals surface area contributed by atoms with Gasteiger partial charge in [0.25, 0.3) is 0 Å². The Morgan fingerprint density at radius 1 is 0.970 bits per heavy atom. The van der Waals surface area contributed by atoms with Gasteiger partial charge in [-0.25, -0.2) is 9.59 Å². The largest absolute Gasteiger partial charge is 0.453 e. The quantitative estimate of drug-likeness (QED) is 0.604. The Labute approximate surface area is 196 Å². The molecular weight excluding hydrogens is 470 g/mol. The number of ether oxygens (including phenoxy) is 3. The van der Waals surface area contributed by atoms with Gasteiger partial charge in [-0.2, -0.15) is 13.1 Å². The summed E-state index contributed by atoms with van der Waals surface area (Å²) in [5.41, 5.74) is -0.105. The minimum absolute atomic E-state index is 0.281. The summed E-state index contributed by atoms with van der Waals surface area (Å²) >= 11 is 1.35. The van der Waals surface area contributed by atoms with Crippen LogP contribution in [0, 0.1) is 0 Å². The smallest absolute Gasteiger partial charge is 0.338 e. The lowest BCUT2D eigenvalue weighted by molar-refractivity contribution is -0.174. The summed E-state index contributed by atoms with van der Waals surface area (Å²) in [5.74, 6) is -0.712. The predicted molar refractivity (Wildman–Crippen MR) is 120 cm³/mol. The Bertz CT molecular complexity index is 1080. The van der Waals surface area contributed by atoms with Crippen LogP contribution < -0.4 is 4.72 Å². The van der Waals surface area contributed by atoms with Crippen molar-refractivity contribution in [3.63, 3.8) is 0 Å². The predicted octanol–water partition coefficient (Wildman–Crippen LogP) is 2.15. The molecule has 0 saturated carbocycles. The molecule has 9 nitrogen and oxygen atoms in total. The molecule has 11 heteroatoms. The fraction of sp³-hybridized carbons (Fsp3) is 0.364. The van der Waals surface area contributed by atoms with Crippen LogP contribution in [0.4, 0.5) is 0 Å². The van der Waals surface area contributed by atoms with Gasteiger partial charge in [-0.05, 0) is 30.0 Å². The molecule has 0 unspecified atom stereocenters. The van der Waals surface area contributed by atoms with Crippen LogP contribution >= 0.6 is 11.8 Å². The summed E-state index contributed by atoms with van der Waals surface area (Å²) < 4.78 is 49.7. The van der Waals surface area contributed by atoms with Gasteiger partial charge in [-0.15, -0.1) is 11.8 Å². The summed E-state index contributed by atoms with van der Waals surface area (Å²) in [6.07, 6.45) is -3.22. The highest BCUT2D eigenvalue weighted by atomic mass is 32.2. The standard InChI is InChI=1S/C22H23NO8S2/c1-2-32-22-17-19(31-21(25)15-11-7-4-8-12-15)18(16(29-22)13-28-33(26,27)23-17)30-20(24)14-9-5-3-6-10-14/h3-12,16-19,22-23H,2,13H2,1H3/t16-,17+,18-,19-,22-/m1/s1. The van der Waals surface area contributed by atoms with E-state index >= 15 is 0 Å². The van der Waals surface area contributed by atoms with Crippen LogP contribution in [0.2, 0.25) is 0 Å². The zero-order valence-corrected chi connectivity index (χ0v) is 19.3. The van der Waals surface area contributed by atoms with Gasteiger partial charge >= 0.3 is 22.2 Å². The number of hydrogen-bond donors (Lipinski definition) is 1. The third kappa shape index (κ3) is 5.56. The lowest BCUT2D eigenvalue weighted by atomic mass is 9.97. The molecule has 176 valence electrons. The summed E-state index contributed by atoms with van der Waals surface area (Å²) in [7, 11) is -4.14. The molecule has 2 aromatic rings. The van der Waals surface area contributed by atoms with E-state index in [1.54, 1.807) is 60.7 Å². The number of hydrogen-bond acceptors (Lipinski definition) is 9. The van der Waals surface area contributed by atoms with Crippen LogP contribution in [0.5, 0.6) is 0 Å². The van der Waals surface area contributed by atoms with E-state index in [0.717, 1.165) is 0 Å². The lowest BCUT2D eigenvalue weighted by Crippen LogP contribution is -2.67. The van der Waals surface area contributed by atoms with E-state index in [1.807, 2.05) is 6.92 Å². The van der Waals surface area contributed by atoms with Crippen molar-refractivity contribution >= 4 is 34.0 Å². The van der Waals surface area contributed by atoms with Gasteiger partial charge in [0.1, 0.15) is 17.6 Å². The third-order valence-corrected chi connectivity index (χ3v) is 7.22. The zero-order valence-electron chi connectivity index (χ0n) is 17.7. The van der Waals surface area contributed by atoms with Gasteiger partial charge < -0.3 is 14.2 Å². The van der Waals surface area contributed by atoms with Gasteiger partial charge in [0.05, 0.1) is 17.7 Å². The normalized spacial score (nSPS) is 28.3. The molecule has 0 aliphatic carbocycles. The average Bonchev–Trinajstić information content (AvgIpc) is 2.81. The number of rotatable bonds is 6. The first kappa shape index (κ1) is 23.7. The van der Waals surface area contributed by atoms with Gasteiger partial charge in [-0.1, -0.05) is 43.3 Å². The molecule has 0 spiro atoms. The Morgan fingerprint density at radius 2 is 1.52 bits per heavy atom. The Hall–Kier alpha value is -2.44. The van der Waals surface area contributed by atoms with E-state index in [1.165, 1.54) is 11.8 Å². The molecule has 1 N–H and O–H groups in total. The molecule has 2 aliphatic rings. The van der Waals surface area contributed by atoms with Crippen LogP contribution in [0.1, 0.15) is 27.6 Å². The number of thioether (sulfide) groups is 1. The molecule has 2 aromatic carbocycles. The van der Waals surface area contributed by atoms with Crippen molar-refractivity contribution in [1.82, 2.24) is 4.72 Å². The fourth-order valence-corrected chi connectivity index (χ4v) is 5.68. The number of esters is 2. The SMILES string of the molecule is CCS[C@H]1O[C@@H]2COS(=O)(=O)N[C@H]1[C@@H](OC(=O)c1ccccc1)[C@@H]2OC(=O)c1ccccc1. The monoisotopic (exact) mass is 493 g/mol. The summed E-state index contributed by atoms with van der Waals surface area (Å²) in [4.78, 5) is 25.7. The summed E-state index contributed by atoms with van der Waals surface area (Å²) in [6, 6.07) is 15.6. The van der Waals surface area contributed by atoms with Crippen molar-refractivity contribution in [1.29, 1.82) is 0 Å². The van der Waals surface area contributed by atoms with Crippen LogP contribution in [0.3, 0.4) is 0 Å². The molecular formula is C22H23NO8S2. The molecule has 2 heterocycles. The van der Waals surface area contributed by atoms with Gasteiger partial charge in [-0.3, -0.25) is 4.18 Å². The summed E-state index contributed by atoms with van der Waals surface area (Å²) in [5, 5.41) is 0. The van der Waals surface area contributed by atoms with Crippen molar-refractivity contribution in [2.45, 2.75) is 36.7 Å². The second-order valence-corrected chi connectivity index (χ2v) is 10.1. The molecule has 0 aromatic heterocycles. The maximum Gasteiger partial charge on any atom is 0.338 e. The van der Waals surface area contributed by atoms with E-state index in [2.05, 4.69) is 4.72 Å². The fourth-order valence-electron chi connectivity index (χ4n) is 3.64. The molecule has 0 radical (unpaired) electrons. The van der Waals surface area contributed by atoms with Gasteiger partial charge in [0, 0.05) is 0 Å². The molecule has 2 fully saturated rings. The first-order chi connectivity index (χ1) is 15.9. The maximum absolute atomic E-state index is 12.9. The van der Waals surface area contributed by atoms with Crippen LogP contribution in [-0.4, -0.2) is 62.5 Å². The number of carbonyl (C=O) groups is 2. The van der Waals surface area contributed by atoms with Crippen LogP contribution in [0.25, 0.3) is 0 Å². The second kappa shape index (κ2) is 10.2. The van der Waals surface area contributed by atoms with Gasteiger partial charge in [0.15, 0.2) is 12.2 Å². The lowest BCUT2D eigenvalue weighted by Gasteiger charge is -2.46. The Morgan fingerprint density at radius 3 is 2.06 bits per heavy atom. The molecule has 4 rings (SSSR count). The van der Waals surface area contributed by atoms with Gasteiger partial charge in [0.2, 0.25) is 0 Å². The minimum atomic E-state index is -4.14. The molecule has 2 bridgehead atoms. The van der Waals surface area contributed by atoms with Crippen molar-refractivity contribution in [3.05, 3.63) is 71.8 Å². The number of carbonyl (C=O) groups excluding carboxylic acids is 2. The van der Waals surface area contributed by atoms with E-state index < -0.39 is 58.6 Å². The number of nitrogens with one attached hydrogen (secondary N) is 1. The highest BCUT2D eigenvalue weighted by Crippen LogP contribution is 2.35. The van der Waals surface area contributed by atoms with E-state index in [-0.39, 0.29) is 5.56 Å². The second-order valence-electron chi connectivity index (χ2n) is 7.35. The van der Waals surface area contributed by atoms with Crippen molar-refractivity contribution in [2.24, 2.45) is 0 Å². The Kier molecular flexibility index (Phi) is 7.35. The van der Waals surface area contributed by atoms with Crippen molar-refractivity contribution in [2.75, 3.05) is 12.4 Å². The van der Waals surface area contributed by atoms with Crippen LogP contribution in [0.15, 0.2) is 60.7 Å². The topological polar surface area (TPSA) is 117 Å². The first-order valence-corrected chi connectivity index (χ1v) is 12.8. The summed E-state index contributed by atoms with van der Waals surface area (Å²) in [6.45, 7) is 1.48. The molecule has 5 atom stereocenters. The highest BCUT2D eigenvalue weighted by molar-refractivity contribution is 7.99. The Balaban J connectivity index is 1.68. The van der Waals surface area contributed by atoms with Crippen LogP contribution in [-0.2, 0) is 28.7 Å². The number of fused-ring (bicyclic) bond motifs is 3. The average molecular weight is 494 g/mol. The third-order valence-electron chi connectivity index (χ3n) is 5.15. The first-order valence-electron chi connectivity index (χ1n) is 10.3. The van der Waals surface area contributed by atoms with E-state index in [9.17, 15) is 18.0 Å². The zero-order chi connectivity index (χ0) is 23.4. The van der Waals surface area contributed by atoms with E-state index in [0.29, 0.717) is 11.3 Å². The molecule has 33 heavy (non-hydrogen) atoms. The highest BCUT2D eigenvalue weighted by Gasteiger charge is 2.53. The molecule has 2 aliphatic heterocycles. The van der Waals surface area contributed by atoms with Crippen molar-refractivity contribution in [3.8, 4) is 0 Å².